The van der Waals surface area contributed by atoms with Crippen LogP contribution in [0.25, 0.3) is 0 Å². The van der Waals surface area contributed by atoms with Crippen LogP contribution < -0.4 is 5.32 Å². The third kappa shape index (κ3) is 3.02. The number of hydrogen-bond acceptors (Lipinski definition) is 1. The average Bonchev–Trinajstić information content (AvgIpc) is 2.35. The van der Waals surface area contributed by atoms with Gasteiger partial charge in [0.2, 0.25) is 0 Å². The molecule has 2 aromatic rings. The zero-order chi connectivity index (χ0) is 13.1. The van der Waals surface area contributed by atoms with E-state index >= 15 is 0 Å². The lowest BCUT2D eigenvalue weighted by atomic mass is 10.1. The Morgan fingerprint density at radius 1 is 1.06 bits per heavy atom. The van der Waals surface area contributed by atoms with E-state index in [0.717, 1.165) is 21.8 Å². The van der Waals surface area contributed by atoms with Gasteiger partial charge >= 0.3 is 0 Å². The molecule has 0 atom stereocenters. The smallest absolute Gasteiger partial charge is 0.126 e. The molecular formula is C15H15ClFN. The van der Waals surface area contributed by atoms with Crippen molar-refractivity contribution in [2.75, 3.05) is 5.32 Å². The van der Waals surface area contributed by atoms with Crippen molar-refractivity contribution in [1.29, 1.82) is 0 Å². The van der Waals surface area contributed by atoms with E-state index in [4.69, 9.17) is 11.6 Å². The summed E-state index contributed by atoms with van der Waals surface area (Å²) in [5.74, 6) is -0.169. The Kier molecular flexibility index (Phi) is 3.87. The van der Waals surface area contributed by atoms with Gasteiger partial charge in [0, 0.05) is 17.3 Å². The summed E-state index contributed by atoms with van der Waals surface area (Å²) >= 11 is 6.05. The summed E-state index contributed by atoms with van der Waals surface area (Å²) in [5.41, 5.74) is 3.73. The molecule has 0 spiro atoms. The van der Waals surface area contributed by atoms with Crippen molar-refractivity contribution in [3.8, 4) is 0 Å². The number of nitrogens with one attached hydrogen (secondary N) is 1. The van der Waals surface area contributed by atoms with Crippen LogP contribution in [0.3, 0.4) is 0 Å². The van der Waals surface area contributed by atoms with Gasteiger partial charge in [-0.05, 0) is 48.7 Å². The average molecular weight is 264 g/mol. The number of anilines is 1. The molecule has 0 bridgehead atoms. The number of hydrogen-bond donors (Lipinski definition) is 1. The van der Waals surface area contributed by atoms with E-state index in [-0.39, 0.29) is 5.82 Å². The fraction of sp³-hybridized carbons (Fsp3) is 0.200. The summed E-state index contributed by atoms with van der Waals surface area (Å²) in [5, 5.41) is 4.01. The summed E-state index contributed by atoms with van der Waals surface area (Å²) in [6, 6.07) is 11.0. The van der Waals surface area contributed by atoms with Gasteiger partial charge in [0.15, 0.2) is 0 Å². The molecule has 94 valence electrons. The van der Waals surface area contributed by atoms with Crippen LogP contribution in [0.15, 0.2) is 36.4 Å². The standard InChI is InChI=1S/C15H15ClFN/c1-10-3-5-13(8-14(10)16)18-9-12-4-6-15(17)11(2)7-12/h3-8,18H,9H2,1-2H3. The van der Waals surface area contributed by atoms with Crippen molar-refractivity contribution in [3.63, 3.8) is 0 Å². The lowest BCUT2D eigenvalue weighted by Gasteiger charge is -2.09. The minimum absolute atomic E-state index is 0.169. The van der Waals surface area contributed by atoms with Crippen molar-refractivity contribution in [1.82, 2.24) is 0 Å². The first-order valence-corrected chi connectivity index (χ1v) is 6.19. The summed E-state index contributed by atoms with van der Waals surface area (Å²) < 4.78 is 13.1. The van der Waals surface area contributed by atoms with Gasteiger partial charge < -0.3 is 5.32 Å². The molecule has 0 aliphatic carbocycles. The van der Waals surface area contributed by atoms with Crippen LogP contribution in [0.1, 0.15) is 16.7 Å². The molecule has 0 aliphatic heterocycles. The molecule has 0 aromatic heterocycles. The van der Waals surface area contributed by atoms with Crippen molar-refractivity contribution in [2.24, 2.45) is 0 Å². The van der Waals surface area contributed by atoms with Crippen molar-refractivity contribution >= 4 is 17.3 Å². The van der Waals surface area contributed by atoms with Crippen molar-refractivity contribution in [3.05, 3.63) is 63.9 Å². The van der Waals surface area contributed by atoms with E-state index in [1.54, 1.807) is 13.0 Å². The van der Waals surface area contributed by atoms with Gasteiger partial charge in [-0.1, -0.05) is 29.8 Å². The van der Waals surface area contributed by atoms with Gasteiger partial charge in [-0.3, -0.25) is 0 Å². The molecule has 0 aliphatic rings. The van der Waals surface area contributed by atoms with E-state index in [9.17, 15) is 4.39 Å². The molecule has 18 heavy (non-hydrogen) atoms. The normalized spacial score (nSPS) is 10.4. The molecule has 0 saturated heterocycles. The van der Waals surface area contributed by atoms with Gasteiger partial charge in [0.1, 0.15) is 5.82 Å². The third-order valence-corrected chi connectivity index (χ3v) is 3.30. The SMILES string of the molecule is Cc1cc(CNc2ccc(C)c(Cl)c2)ccc1F. The van der Waals surface area contributed by atoms with Crippen LogP contribution in [0.2, 0.25) is 5.02 Å². The monoisotopic (exact) mass is 263 g/mol. The topological polar surface area (TPSA) is 12.0 Å². The maximum atomic E-state index is 13.1. The highest BCUT2D eigenvalue weighted by Gasteiger charge is 2.00. The Labute approximate surface area is 112 Å². The molecule has 0 unspecified atom stereocenters. The Balaban J connectivity index is 2.06. The molecule has 2 rings (SSSR count). The third-order valence-electron chi connectivity index (χ3n) is 2.89. The molecule has 0 heterocycles. The zero-order valence-electron chi connectivity index (χ0n) is 10.4. The van der Waals surface area contributed by atoms with Gasteiger partial charge in [0.25, 0.3) is 0 Å². The predicted octanol–water partition coefficient (Wildman–Crippen LogP) is 4.71. The lowest BCUT2D eigenvalue weighted by Crippen LogP contribution is -2.00. The fourth-order valence-corrected chi connectivity index (χ4v) is 1.90. The summed E-state index contributed by atoms with van der Waals surface area (Å²) in [7, 11) is 0. The largest absolute Gasteiger partial charge is 0.381 e. The van der Waals surface area contributed by atoms with Gasteiger partial charge in [-0.15, -0.1) is 0 Å². The second-order valence-electron chi connectivity index (χ2n) is 4.40. The highest BCUT2D eigenvalue weighted by atomic mass is 35.5. The van der Waals surface area contributed by atoms with Crippen LogP contribution in [-0.2, 0) is 6.54 Å². The van der Waals surface area contributed by atoms with E-state index in [2.05, 4.69) is 5.32 Å². The van der Waals surface area contributed by atoms with Crippen molar-refractivity contribution in [2.45, 2.75) is 20.4 Å². The molecule has 1 N–H and O–H groups in total. The molecule has 0 amide bonds. The van der Waals surface area contributed by atoms with Gasteiger partial charge in [-0.2, -0.15) is 0 Å². The molecule has 0 radical (unpaired) electrons. The minimum Gasteiger partial charge on any atom is -0.381 e. The Morgan fingerprint density at radius 3 is 2.50 bits per heavy atom. The van der Waals surface area contributed by atoms with Crippen molar-refractivity contribution < 1.29 is 4.39 Å². The molecule has 2 aromatic carbocycles. The molecular weight excluding hydrogens is 249 g/mol. The first kappa shape index (κ1) is 12.9. The predicted molar refractivity (Wildman–Crippen MR) is 74.7 cm³/mol. The highest BCUT2D eigenvalue weighted by molar-refractivity contribution is 6.31. The van der Waals surface area contributed by atoms with Crippen LogP contribution in [0.4, 0.5) is 10.1 Å². The van der Waals surface area contributed by atoms with Crippen LogP contribution in [0.5, 0.6) is 0 Å². The number of aryl methyl sites for hydroxylation is 2. The van der Waals surface area contributed by atoms with Crippen LogP contribution in [0, 0.1) is 19.7 Å². The Hall–Kier alpha value is -1.54. The number of halogens is 2. The Bertz CT molecular complexity index is 515. The minimum atomic E-state index is -0.169. The first-order chi connectivity index (χ1) is 8.56. The zero-order valence-corrected chi connectivity index (χ0v) is 11.2. The maximum Gasteiger partial charge on any atom is 0.126 e. The molecule has 0 saturated carbocycles. The second kappa shape index (κ2) is 5.40. The summed E-state index contributed by atoms with van der Waals surface area (Å²) in [6.45, 7) is 4.39. The van der Waals surface area contributed by atoms with E-state index in [0.29, 0.717) is 12.1 Å². The molecule has 0 fully saturated rings. The van der Waals surface area contributed by atoms with Crippen LogP contribution in [-0.4, -0.2) is 0 Å². The quantitative estimate of drug-likeness (QED) is 0.846. The van der Waals surface area contributed by atoms with Gasteiger partial charge in [0.05, 0.1) is 0 Å². The second-order valence-corrected chi connectivity index (χ2v) is 4.81. The molecule has 1 nitrogen and oxygen atoms in total. The van der Waals surface area contributed by atoms with E-state index in [1.807, 2.05) is 31.2 Å². The van der Waals surface area contributed by atoms with Crippen LogP contribution >= 0.6 is 11.6 Å². The maximum absolute atomic E-state index is 13.1. The van der Waals surface area contributed by atoms with E-state index in [1.165, 1.54) is 6.07 Å². The summed E-state index contributed by atoms with van der Waals surface area (Å²) in [6.07, 6.45) is 0. The fourth-order valence-electron chi connectivity index (χ4n) is 1.72. The number of rotatable bonds is 3. The highest BCUT2D eigenvalue weighted by Crippen LogP contribution is 2.20. The Morgan fingerprint density at radius 2 is 1.83 bits per heavy atom. The lowest BCUT2D eigenvalue weighted by molar-refractivity contribution is 0.617. The van der Waals surface area contributed by atoms with Gasteiger partial charge in [-0.25, -0.2) is 4.39 Å². The summed E-state index contributed by atoms with van der Waals surface area (Å²) in [4.78, 5) is 0. The van der Waals surface area contributed by atoms with E-state index < -0.39 is 0 Å². The molecule has 3 heteroatoms. The number of benzene rings is 2. The first-order valence-electron chi connectivity index (χ1n) is 5.81.